The lowest BCUT2D eigenvalue weighted by Gasteiger charge is -2.29. The van der Waals surface area contributed by atoms with Crippen LogP contribution in [0.2, 0.25) is 0 Å². The van der Waals surface area contributed by atoms with Crippen LogP contribution in [0.15, 0.2) is 86.0 Å². The van der Waals surface area contributed by atoms with Crippen LogP contribution in [-0.4, -0.2) is 54.3 Å². The third kappa shape index (κ3) is 11.5. The molecule has 1 fully saturated rings. The number of ether oxygens (including phenoxy) is 2. The fourth-order valence-electron chi connectivity index (χ4n) is 5.44. The molecular weight excluding hydrogens is 544 g/mol. The van der Waals surface area contributed by atoms with Gasteiger partial charge in [0.25, 0.3) is 0 Å². The minimum absolute atomic E-state index is 0.0462. The summed E-state index contributed by atoms with van der Waals surface area (Å²) in [6.07, 6.45) is 7.86. The largest absolute Gasteiger partial charge is 0.463 e. The highest BCUT2D eigenvalue weighted by molar-refractivity contribution is 5.86. The first-order chi connectivity index (χ1) is 20.9. The molecule has 0 radical (unpaired) electrons. The highest BCUT2D eigenvalue weighted by Crippen LogP contribution is 2.29. The Kier molecular flexibility index (Phi) is 14.2. The monoisotopic (exact) mass is 590 g/mol. The van der Waals surface area contributed by atoms with Crippen molar-refractivity contribution in [1.82, 2.24) is 10.6 Å². The van der Waals surface area contributed by atoms with Gasteiger partial charge in [0.2, 0.25) is 11.8 Å². The molecule has 3 atom stereocenters. The number of allylic oxidation sites excluding steroid dienone is 2. The zero-order valence-electron chi connectivity index (χ0n) is 25.0. The zero-order chi connectivity index (χ0) is 30.9. The predicted octanol–water partition coefficient (Wildman–Crippen LogP) is 4.67. The SMILES string of the molecule is C=CC[C@H](CC(=O)NC1(CO)CCCC1)C(=O)N[C@@H](COCc1ccccc1)COC(=O)[C@@H](CC=C)Cc1ccccc1. The smallest absolute Gasteiger partial charge is 0.309 e. The summed E-state index contributed by atoms with van der Waals surface area (Å²) in [6, 6.07) is 18.7. The maximum absolute atomic E-state index is 13.4. The van der Waals surface area contributed by atoms with Crippen molar-refractivity contribution in [3.8, 4) is 0 Å². The second kappa shape index (κ2) is 18.0. The quantitative estimate of drug-likeness (QED) is 0.162. The van der Waals surface area contributed by atoms with E-state index in [0.29, 0.717) is 25.9 Å². The minimum atomic E-state index is -0.673. The van der Waals surface area contributed by atoms with Crippen LogP contribution in [0.3, 0.4) is 0 Å². The van der Waals surface area contributed by atoms with E-state index in [1.807, 2.05) is 60.7 Å². The Labute approximate surface area is 255 Å². The first kappa shape index (κ1) is 33.7. The maximum Gasteiger partial charge on any atom is 0.309 e. The molecule has 0 bridgehead atoms. The molecule has 0 saturated heterocycles. The Morgan fingerprint density at radius 2 is 1.49 bits per heavy atom. The van der Waals surface area contributed by atoms with E-state index in [4.69, 9.17) is 9.47 Å². The molecule has 43 heavy (non-hydrogen) atoms. The van der Waals surface area contributed by atoms with Crippen LogP contribution >= 0.6 is 0 Å². The third-order valence-electron chi connectivity index (χ3n) is 7.83. The Morgan fingerprint density at radius 3 is 2.09 bits per heavy atom. The van der Waals surface area contributed by atoms with Crippen LogP contribution < -0.4 is 10.6 Å². The van der Waals surface area contributed by atoms with Gasteiger partial charge in [-0.3, -0.25) is 14.4 Å². The number of rotatable bonds is 19. The minimum Gasteiger partial charge on any atom is -0.463 e. The molecule has 0 heterocycles. The standard InChI is InChI=1S/C35H46N2O6/c1-3-13-29(22-32(39)37-35(26-38)19-11-12-20-35)33(40)36-31(24-42-23-28-17-9-6-10-18-28)25-43-34(41)30(14-4-2)21-27-15-7-5-8-16-27/h3-10,15-18,29-31,38H,1-2,11-14,19-26H2,(H,36,40)(H,37,39)/t29-,30+,31+/m1/s1. The third-order valence-corrected chi connectivity index (χ3v) is 7.83. The van der Waals surface area contributed by atoms with Gasteiger partial charge in [-0.05, 0) is 43.2 Å². The van der Waals surface area contributed by atoms with Crippen LogP contribution in [0.25, 0.3) is 0 Å². The van der Waals surface area contributed by atoms with Gasteiger partial charge in [-0.15, -0.1) is 13.2 Å². The van der Waals surface area contributed by atoms with Gasteiger partial charge in [-0.2, -0.15) is 0 Å². The van der Waals surface area contributed by atoms with Crippen molar-refractivity contribution in [1.29, 1.82) is 0 Å². The summed E-state index contributed by atoms with van der Waals surface area (Å²) in [6.45, 7) is 7.79. The van der Waals surface area contributed by atoms with Crippen LogP contribution in [0.4, 0.5) is 0 Å². The van der Waals surface area contributed by atoms with Gasteiger partial charge < -0.3 is 25.2 Å². The highest BCUT2D eigenvalue weighted by Gasteiger charge is 2.35. The molecule has 1 aliphatic rings. The number of nitrogens with one attached hydrogen (secondary N) is 2. The van der Waals surface area contributed by atoms with E-state index >= 15 is 0 Å². The van der Waals surface area contributed by atoms with Crippen LogP contribution in [-0.2, 0) is 36.9 Å². The van der Waals surface area contributed by atoms with Gasteiger partial charge in [0.15, 0.2) is 0 Å². The van der Waals surface area contributed by atoms with E-state index in [9.17, 15) is 19.5 Å². The molecule has 2 aromatic rings. The Morgan fingerprint density at radius 1 is 0.884 bits per heavy atom. The highest BCUT2D eigenvalue weighted by atomic mass is 16.5. The Bertz CT molecular complexity index is 1160. The number of carbonyl (C=O) groups excluding carboxylic acids is 3. The molecule has 232 valence electrons. The second-order valence-corrected chi connectivity index (χ2v) is 11.4. The fraction of sp³-hybridized carbons (Fsp3) is 0.457. The molecule has 1 aliphatic carbocycles. The summed E-state index contributed by atoms with van der Waals surface area (Å²) in [5, 5.41) is 15.8. The van der Waals surface area contributed by atoms with Crippen molar-refractivity contribution in [3.05, 3.63) is 97.1 Å². The second-order valence-electron chi connectivity index (χ2n) is 11.4. The number of aliphatic hydroxyl groups is 1. The molecule has 1 saturated carbocycles. The van der Waals surface area contributed by atoms with Gasteiger partial charge in [0, 0.05) is 6.42 Å². The molecule has 0 aliphatic heterocycles. The van der Waals surface area contributed by atoms with Gasteiger partial charge in [0.05, 0.1) is 43.2 Å². The summed E-state index contributed by atoms with van der Waals surface area (Å²) < 4.78 is 11.6. The molecule has 0 aromatic heterocycles. The van der Waals surface area contributed by atoms with E-state index in [-0.39, 0.29) is 44.0 Å². The number of hydrogen-bond donors (Lipinski definition) is 3. The van der Waals surface area contributed by atoms with Crippen molar-refractivity contribution >= 4 is 17.8 Å². The van der Waals surface area contributed by atoms with Crippen molar-refractivity contribution in [2.75, 3.05) is 19.8 Å². The summed E-state index contributed by atoms with van der Waals surface area (Å²) in [5.41, 5.74) is 1.38. The van der Waals surface area contributed by atoms with Gasteiger partial charge in [0.1, 0.15) is 6.61 Å². The molecule has 2 aromatic carbocycles. The molecular formula is C35H46N2O6. The van der Waals surface area contributed by atoms with Gasteiger partial charge in [-0.25, -0.2) is 0 Å². The van der Waals surface area contributed by atoms with Crippen LogP contribution in [0.1, 0.15) is 56.1 Å². The predicted molar refractivity (Wildman–Crippen MR) is 167 cm³/mol. The number of hydrogen-bond acceptors (Lipinski definition) is 6. The molecule has 8 heteroatoms. The Hall–Kier alpha value is -3.75. The summed E-state index contributed by atoms with van der Waals surface area (Å²) >= 11 is 0. The lowest BCUT2D eigenvalue weighted by molar-refractivity contribution is -0.150. The summed E-state index contributed by atoms with van der Waals surface area (Å²) in [5.74, 6) is -2.09. The lowest BCUT2D eigenvalue weighted by atomic mass is 9.95. The zero-order valence-corrected chi connectivity index (χ0v) is 25.0. The summed E-state index contributed by atoms with van der Waals surface area (Å²) in [7, 11) is 0. The van der Waals surface area contributed by atoms with Gasteiger partial charge >= 0.3 is 5.97 Å². The van der Waals surface area contributed by atoms with Crippen molar-refractivity contribution in [2.24, 2.45) is 11.8 Å². The number of esters is 1. The molecule has 2 amide bonds. The van der Waals surface area contributed by atoms with Gasteiger partial charge in [-0.1, -0.05) is 85.7 Å². The number of carbonyl (C=O) groups is 3. The van der Waals surface area contributed by atoms with Crippen LogP contribution in [0, 0.1) is 11.8 Å². The van der Waals surface area contributed by atoms with Crippen molar-refractivity contribution < 1.29 is 29.0 Å². The fourth-order valence-corrected chi connectivity index (χ4v) is 5.44. The van der Waals surface area contributed by atoms with E-state index in [2.05, 4.69) is 23.8 Å². The van der Waals surface area contributed by atoms with Crippen LogP contribution in [0.5, 0.6) is 0 Å². The number of benzene rings is 2. The molecule has 0 unspecified atom stereocenters. The first-order valence-electron chi connectivity index (χ1n) is 15.1. The maximum atomic E-state index is 13.4. The van der Waals surface area contributed by atoms with E-state index in [0.717, 1.165) is 36.8 Å². The topological polar surface area (TPSA) is 114 Å². The average Bonchev–Trinajstić information content (AvgIpc) is 3.49. The molecule has 8 nitrogen and oxygen atoms in total. The van der Waals surface area contributed by atoms with Crippen molar-refractivity contribution in [2.45, 2.75) is 69.6 Å². The van der Waals surface area contributed by atoms with Crippen molar-refractivity contribution in [3.63, 3.8) is 0 Å². The van der Waals surface area contributed by atoms with E-state index in [1.165, 1.54) is 0 Å². The Balaban J connectivity index is 1.64. The first-order valence-corrected chi connectivity index (χ1v) is 15.1. The normalized spacial score (nSPS) is 15.9. The number of aliphatic hydroxyl groups excluding tert-OH is 1. The molecule has 3 rings (SSSR count). The average molecular weight is 591 g/mol. The summed E-state index contributed by atoms with van der Waals surface area (Å²) in [4.78, 5) is 39.5. The van der Waals surface area contributed by atoms with E-state index in [1.54, 1.807) is 12.2 Å². The molecule has 0 spiro atoms. The number of amides is 2. The lowest BCUT2D eigenvalue weighted by Crippen LogP contribution is -2.50. The molecule has 3 N–H and O–H groups in total. The van der Waals surface area contributed by atoms with E-state index < -0.39 is 23.4 Å².